The van der Waals surface area contributed by atoms with Crippen LogP contribution >= 0.6 is 11.3 Å². The van der Waals surface area contributed by atoms with Crippen molar-refractivity contribution in [3.05, 3.63) is 87.3 Å². The molecule has 1 atom stereocenters. The van der Waals surface area contributed by atoms with E-state index in [4.69, 9.17) is 4.42 Å². The molecule has 0 radical (unpaired) electrons. The minimum atomic E-state index is -0.802. The van der Waals surface area contributed by atoms with Crippen molar-refractivity contribution in [2.75, 3.05) is 0 Å². The maximum atomic E-state index is 14.0. The summed E-state index contributed by atoms with van der Waals surface area (Å²) >= 11 is 1.37. The van der Waals surface area contributed by atoms with E-state index in [-0.39, 0.29) is 17.7 Å². The summed E-state index contributed by atoms with van der Waals surface area (Å²) in [6.45, 7) is 1.69. The number of benzene rings is 1. The number of aryl methyl sites for hydroxylation is 1. The van der Waals surface area contributed by atoms with Gasteiger partial charge in [-0.25, -0.2) is 4.39 Å². The summed E-state index contributed by atoms with van der Waals surface area (Å²) in [6, 6.07) is 10.4. The van der Waals surface area contributed by atoms with Crippen LogP contribution in [0.5, 0.6) is 0 Å². The van der Waals surface area contributed by atoms with Gasteiger partial charge in [-0.15, -0.1) is 11.3 Å². The summed E-state index contributed by atoms with van der Waals surface area (Å²) in [7, 11) is 0. The Morgan fingerprint density at radius 3 is 2.71 bits per heavy atom. The van der Waals surface area contributed by atoms with Gasteiger partial charge in [-0.2, -0.15) is 0 Å². The van der Waals surface area contributed by atoms with Crippen LogP contribution in [0.25, 0.3) is 5.76 Å². The number of aliphatic hydroxyl groups is 1. The molecule has 1 aliphatic heterocycles. The van der Waals surface area contributed by atoms with Crippen LogP contribution in [0, 0.1) is 12.7 Å². The quantitative estimate of drug-likeness (QED) is 0.402. The van der Waals surface area contributed by atoms with E-state index >= 15 is 0 Å². The first-order valence-corrected chi connectivity index (χ1v) is 9.46. The van der Waals surface area contributed by atoms with Crippen LogP contribution in [-0.2, 0) is 16.1 Å². The third-order valence-corrected chi connectivity index (χ3v) is 5.63. The third kappa shape index (κ3) is 3.03. The number of hydrogen-bond donors (Lipinski definition) is 1. The highest BCUT2D eigenvalue weighted by Gasteiger charge is 2.46. The second-order valence-electron chi connectivity index (χ2n) is 6.49. The van der Waals surface area contributed by atoms with E-state index in [0.717, 1.165) is 10.9 Å². The van der Waals surface area contributed by atoms with Crippen LogP contribution in [-0.4, -0.2) is 21.7 Å². The summed E-state index contributed by atoms with van der Waals surface area (Å²) in [6.07, 6.45) is 1.49. The Hall–Kier alpha value is -3.19. The summed E-state index contributed by atoms with van der Waals surface area (Å²) in [5, 5.41) is 12.7. The molecule has 1 aliphatic rings. The number of amides is 1. The van der Waals surface area contributed by atoms with Crippen LogP contribution < -0.4 is 0 Å². The fourth-order valence-corrected chi connectivity index (χ4v) is 4.10. The van der Waals surface area contributed by atoms with Crippen molar-refractivity contribution in [3.63, 3.8) is 0 Å². The molecule has 0 aliphatic carbocycles. The molecular weight excluding hydrogens is 381 g/mol. The number of halogens is 1. The number of nitrogens with zero attached hydrogens (tertiary/aromatic N) is 1. The number of ketones is 1. The van der Waals surface area contributed by atoms with E-state index in [1.807, 2.05) is 5.38 Å². The van der Waals surface area contributed by atoms with E-state index in [1.165, 1.54) is 34.6 Å². The van der Waals surface area contributed by atoms with Crippen molar-refractivity contribution in [1.29, 1.82) is 0 Å². The molecule has 28 heavy (non-hydrogen) atoms. The molecule has 0 spiro atoms. The standard InChI is InChI=1S/C21H16FNO4S/c1-12-6-7-13(10-15(12)22)19(24)17-18(16-5-3-9-28-16)23(21(26)20(17)25)11-14-4-2-8-27-14/h2-10,18,24H,11H2,1H3/t18-/m0/s1. The first-order chi connectivity index (χ1) is 13.5. The van der Waals surface area contributed by atoms with Crippen LogP contribution in [0.3, 0.4) is 0 Å². The fourth-order valence-electron chi connectivity index (χ4n) is 3.25. The Labute approximate surface area is 164 Å². The van der Waals surface area contributed by atoms with Gasteiger partial charge in [-0.3, -0.25) is 9.59 Å². The lowest BCUT2D eigenvalue weighted by Gasteiger charge is -2.23. The number of Topliss-reactive ketones (excluding diaryl/α,β-unsaturated/α-hetero) is 1. The van der Waals surface area contributed by atoms with Gasteiger partial charge in [0.1, 0.15) is 23.4 Å². The normalized spacial score (nSPS) is 18.8. The largest absolute Gasteiger partial charge is 0.507 e. The second-order valence-corrected chi connectivity index (χ2v) is 7.47. The van der Waals surface area contributed by atoms with Crippen molar-refractivity contribution < 1.29 is 23.5 Å². The van der Waals surface area contributed by atoms with E-state index in [2.05, 4.69) is 0 Å². The molecule has 142 valence electrons. The lowest BCUT2D eigenvalue weighted by Crippen LogP contribution is -2.28. The molecule has 1 saturated heterocycles. The summed E-state index contributed by atoms with van der Waals surface area (Å²) < 4.78 is 19.3. The minimum Gasteiger partial charge on any atom is -0.507 e. The molecule has 5 nitrogen and oxygen atoms in total. The number of carbonyl (C=O) groups is 2. The van der Waals surface area contributed by atoms with Gasteiger partial charge in [0.25, 0.3) is 11.7 Å². The molecule has 0 bridgehead atoms. The van der Waals surface area contributed by atoms with Gasteiger partial charge >= 0.3 is 0 Å². The maximum Gasteiger partial charge on any atom is 0.296 e. The average Bonchev–Trinajstić information content (AvgIpc) is 3.42. The zero-order valence-electron chi connectivity index (χ0n) is 14.9. The van der Waals surface area contributed by atoms with Crippen LogP contribution in [0.15, 0.2) is 64.1 Å². The molecule has 0 unspecified atom stereocenters. The molecule has 1 N–H and O–H groups in total. The smallest absolute Gasteiger partial charge is 0.296 e. The van der Waals surface area contributed by atoms with Gasteiger partial charge in [0, 0.05) is 10.4 Å². The van der Waals surface area contributed by atoms with Crippen LogP contribution in [0.4, 0.5) is 4.39 Å². The monoisotopic (exact) mass is 397 g/mol. The zero-order chi connectivity index (χ0) is 19.8. The molecule has 3 heterocycles. The Morgan fingerprint density at radius 1 is 1.25 bits per heavy atom. The van der Waals surface area contributed by atoms with Gasteiger partial charge in [0.05, 0.1) is 18.4 Å². The van der Waals surface area contributed by atoms with Gasteiger partial charge < -0.3 is 14.4 Å². The van der Waals surface area contributed by atoms with Crippen molar-refractivity contribution in [3.8, 4) is 0 Å². The molecule has 7 heteroatoms. The van der Waals surface area contributed by atoms with Gasteiger partial charge in [-0.05, 0) is 42.1 Å². The van der Waals surface area contributed by atoms with Crippen molar-refractivity contribution in [2.45, 2.75) is 19.5 Å². The summed E-state index contributed by atoms with van der Waals surface area (Å²) in [5.74, 6) is -1.91. The van der Waals surface area contributed by atoms with Crippen molar-refractivity contribution in [1.82, 2.24) is 4.90 Å². The van der Waals surface area contributed by atoms with Crippen molar-refractivity contribution >= 4 is 28.8 Å². The molecular formula is C21H16FNO4S. The minimum absolute atomic E-state index is 0.0535. The fraction of sp³-hybridized carbons (Fsp3) is 0.143. The molecule has 4 rings (SSSR count). The molecule has 1 amide bonds. The van der Waals surface area contributed by atoms with E-state index < -0.39 is 29.3 Å². The number of likely N-dealkylation sites (tertiary alicyclic amines) is 1. The SMILES string of the molecule is Cc1ccc(C(O)=C2C(=O)C(=O)N(Cc3ccco3)[C@H]2c2cccs2)cc1F. The predicted molar refractivity (Wildman–Crippen MR) is 102 cm³/mol. The van der Waals surface area contributed by atoms with Crippen molar-refractivity contribution in [2.24, 2.45) is 0 Å². The number of aliphatic hydroxyl groups excluding tert-OH is 1. The number of thiophene rings is 1. The highest BCUT2D eigenvalue weighted by molar-refractivity contribution is 7.10. The van der Waals surface area contributed by atoms with Gasteiger partial charge in [0.15, 0.2) is 0 Å². The Kier molecular flexibility index (Phi) is 4.60. The third-order valence-electron chi connectivity index (χ3n) is 4.70. The first kappa shape index (κ1) is 18.2. The number of hydrogen-bond acceptors (Lipinski definition) is 5. The Balaban J connectivity index is 1.85. The molecule has 0 saturated carbocycles. The van der Waals surface area contributed by atoms with E-state index in [1.54, 1.807) is 31.2 Å². The molecule has 2 aromatic heterocycles. The maximum absolute atomic E-state index is 14.0. The first-order valence-electron chi connectivity index (χ1n) is 8.58. The lowest BCUT2D eigenvalue weighted by atomic mass is 9.99. The predicted octanol–water partition coefficient (Wildman–Crippen LogP) is 4.41. The molecule has 1 fully saturated rings. The van der Waals surface area contributed by atoms with Crippen LogP contribution in [0.2, 0.25) is 0 Å². The lowest BCUT2D eigenvalue weighted by molar-refractivity contribution is -0.140. The molecule has 3 aromatic rings. The average molecular weight is 397 g/mol. The Morgan fingerprint density at radius 2 is 2.07 bits per heavy atom. The number of carbonyl (C=O) groups excluding carboxylic acids is 2. The Bertz CT molecular complexity index is 1070. The second kappa shape index (κ2) is 7.09. The summed E-state index contributed by atoms with van der Waals surface area (Å²) in [4.78, 5) is 27.6. The van der Waals surface area contributed by atoms with Gasteiger partial charge in [-0.1, -0.05) is 18.2 Å². The topological polar surface area (TPSA) is 70.8 Å². The van der Waals surface area contributed by atoms with Crippen LogP contribution in [0.1, 0.15) is 27.8 Å². The van der Waals surface area contributed by atoms with E-state index in [9.17, 15) is 19.1 Å². The van der Waals surface area contributed by atoms with Gasteiger partial charge in [0.2, 0.25) is 0 Å². The highest BCUT2D eigenvalue weighted by atomic mass is 32.1. The molecule has 1 aromatic carbocycles. The zero-order valence-corrected chi connectivity index (χ0v) is 15.7. The van der Waals surface area contributed by atoms with E-state index in [0.29, 0.717) is 11.3 Å². The summed E-state index contributed by atoms with van der Waals surface area (Å²) in [5.41, 5.74) is 0.521. The number of furan rings is 1. The highest BCUT2D eigenvalue weighted by Crippen LogP contribution is 2.41. The number of rotatable bonds is 4.